The van der Waals surface area contributed by atoms with E-state index in [2.05, 4.69) is 15.2 Å². The third kappa shape index (κ3) is 4.31. The lowest BCUT2D eigenvalue weighted by Crippen LogP contribution is -2.48. The molecule has 0 spiro atoms. The fourth-order valence-corrected chi connectivity index (χ4v) is 3.09. The Hall–Kier alpha value is -2.43. The first-order valence-corrected chi connectivity index (χ1v) is 8.41. The van der Waals surface area contributed by atoms with Crippen molar-refractivity contribution >= 4 is 11.7 Å². The van der Waals surface area contributed by atoms with Crippen LogP contribution in [-0.2, 0) is 11.2 Å². The standard InChI is InChI=1S/C19H22FN3O/c20-17-8-2-1-6-15(17)10-11-19(24)22-16-7-5-13-23(14-16)18-9-3-4-12-21-18/h1-4,6,8-9,12,16H,5,7,10-11,13-14H2,(H,22,24)/t16-/m0/s1. The van der Waals surface area contributed by atoms with Gasteiger partial charge in [0.25, 0.3) is 0 Å². The van der Waals surface area contributed by atoms with E-state index in [-0.39, 0.29) is 17.8 Å². The Kier molecular flexibility index (Phi) is 5.41. The minimum atomic E-state index is -0.246. The maximum absolute atomic E-state index is 13.6. The largest absolute Gasteiger partial charge is 0.355 e. The quantitative estimate of drug-likeness (QED) is 0.918. The van der Waals surface area contributed by atoms with Crippen LogP contribution in [0, 0.1) is 5.82 Å². The predicted octanol–water partition coefficient (Wildman–Crippen LogP) is 2.94. The number of benzene rings is 1. The molecule has 5 heteroatoms. The van der Waals surface area contributed by atoms with E-state index in [0.29, 0.717) is 18.4 Å². The van der Waals surface area contributed by atoms with E-state index in [0.717, 1.165) is 31.7 Å². The van der Waals surface area contributed by atoms with Crippen molar-refractivity contribution < 1.29 is 9.18 Å². The van der Waals surface area contributed by atoms with E-state index in [1.54, 1.807) is 24.4 Å². The summed E-state index contributed by atoms with van der Waals surface area (Å²) in [5.41, 5.74) is 0.589. The molecule has 1 aromatic carbocycles. The zero-order valence-corrected chi connectivity index (χ0v) is 13.6. The van der Waals surface area contributed by atoms with Crippen LogP contribution < -0.4 is 10.2 Å². The number of hydrogen-bond donors (Lipinski definition) is 1. The number of piperidine rings is 1. The molecule has 1 aliphatic rings. The number of nitrogens with zero attached hydrogens (tertiary/aromatic N) is 2. The van der Waals surface area contributed by atoms with Gasteiger partial charge in [-0.05, 0) is 43.0 Å². The molecule has 0 bridgehead atoms. The van der Waals surface area contributed by atoms with Gasteiger partial charge in [0.2, 0.25) is 5.91 Å². The van der Waals surface area contributed by atoms with Crippen LogP contribution in [0.4, 0.5) is 10.2 Å². The van der Waals surface area contributed by atoms with Crippen molar-refractivity contribution in [3.8, 4) is 0 Å². The third-order valence-corrected chi connectivity index (χ3v) is 4.34. The second-order valence-corrected chi connectivity index (χ2v) is 6.13. The van der Waals surface area contributed by atoms with Crippen LogP contribution in [0.2, 0.25) is 0 Å². The number of pyridine rings is 1. The normalized spacial score (nSPS) is 17.5. The van der Waals surface area contributed by atoms with Gasteiger partial charge in [0.15, 0.2) is 0 Å². The number of nitrogens with one attached hydrogen (secondary N) is 1. The molecule has 1 amide bonds. The Bertz CT molecular complexity index is 677. The van der Waals surface area contributed by atoms with Crippen LogP contribution in [0.1, 0.15) is 24.8 Å². The van der Waals surface area contributed by atoms with Crippen molar-refractivity contribution in [3.63, 3.8) is 0 Å². The number of anilines is 1. The molecule has 3 rings (SSSR count). The van der Waals surface area contributed by atoms with E-state index < -0.39 is 0 Å². The number of carbonyl (C=O) groups excluding carboxylic acids is 1. The highest BCUT2D eigenvalue weighted by Crippen LogP contribution is 2.17. The average molecular weight is 327 g/mol. The molecule has 1 saturated heterocycles. The van der Waals surface area contributed by atoms with Gasteiger partial charge in [-0.3, -0.25) is 4.79 Å². The summed E-state index contributed by atoms with van der Waals surface area (Å²) < 4.78 is 13.6. The second kappa shape index (κ2) is 7.90. The molecular weight excluding hydrogens is 305 g/mol. The third-order valence-electron chi connectivity index (χ3n) is 4.34. The first-order chi connectivity index (χ1) is 11.7. The van der Waals surface area contributed by atoms with Crippen molar-refractivity contribution in [2.24, 2.45) is 0 Å². The van der Waals surface area contributed by atoms with Crippen molar-refractivity contribution in [3.05, 3.63) is 60.0 Å². The molecule has 2 heterocycles. The van der Waals surface area contributed by atoms with Crippen LogP contribution in [0.5, 0.6) is 0 Å². The van der Waals surface area contributed by atoms with Crippen molar-refractivity contribution in [1.82, 2.24) is 10.3 Å². The van der Waals surface area contributed by atoms with Gasteiger partial charge in [-0.15, -0.1) is 0 Å². The van der Waals surface area contributed by atoms with Crippen LogP contribution in [0.25, 0.3) is 0 Å². The van der Waals surface area contributed by atoms with Gasteiger partial charge in [0.05, 0.1) is 0 Å². The summed E-state index contributed by atoms with van der Waals surface area (Å²) in [6.45, 7) is 1.72. The zero-order chi connectivity index (χ0) is 16.8. The molecule has 1 aromatic heterocycles. The second-order valence-electron chi connectivity index (χ2n) is 6.13. The van der Waals surface area contributed by atoms with Crippen LogP contribution in [-0.4, -0.2) is 30.0 Å². The monoisotopic (exact) mass is 327 g/mol. The molecule has 126 valence electrons. The highest BCUT2D eigenvalue weighted by Gasteiger charge is 2.22. The summed E-state index contributed by atoms with van der Waals surface area (Å²) in [6, 6.07) is 12.6. The maximum Gasteiger partial charge on any atom is 0.220 e. The van der Waals surface area contributed by atoms with E-state index in [9.17, 15) is 9.18 Å². The van der Waals surface area contributed by atoms with Crippen molar-refractivity contribution in [1.29, 1.82) is 0 Å². The maximum atomic E-state index is 13.6. The lowest BCUT2D eigenvalue weighted by atomic mass is 10.0. The van der Waals surface area contributed by atoms with Crippen LogP contribution >= 0.6 is 0 Å². The number of hydrogen-bond acceptors (Lipinski definition) is 3. The molecule has 0 saturated carbocycles. The highest BCUT2D eigenvalue weighted by molar-refractivity contribution is 5.76. The summed E-state index contributed by atoms with van der Waals surface area (Å²) in [7, 11) is 0. The average Bonchev–Trinajstić information content (AvgIpc) is 2.62. The molecule has 0 radical (unpaired) electrons. The number of carbonyl (C=O) groups is 1. The highest BCUT2D eigenvalue weighted by atomic mass is 19.1. The topological polar surface area (TPSA) is 45.2 Å². The number of rotatable bonds is 5. The molecule has 1 atom stereocenters. The summed E-state index contributed by atoms with van der Waals surface area (Å²) >= 11 is 0. The van der Waals surface area contributed by atoms with Gasteiger partial charge in [-0.2, -0.15) is 0 Å². The Morgan fingerprint density at radius 1 is 1.25 bits per heavy atom. The number of halogens is 1. The summed E-state index contributed by atoms with van der Waals surface area (Å²) in [5, 5.41) is 3.08. The Labute approximate surface area is 141 Å². The first-order valence-electron chi connectivity index (χ1n) is 8.41. The Morgan fingerprint density at radius 2 is 2.08 bits per heavy atom. The van der Waals surface area contributed by atoms with Crippen molar-refractivity contribution in [2.45, 2.75) is 31.7 Å². The van der Waals surface area contributed by atoms with Gasteiger partial charge in [-0.1, -0.05) is 24.3 Å². The molecular formula is C19H22FN3O. The lowest BCUT2D eigenvalue weighted by molar-refractivity contribution is -0.121. The Balaban J connectivity index is 1.50. The number of aryl methyl sites for hydroxylation is 1. The first kappa shape index (κ1) is 16.4. The Morgan fingerprint density at radius 3 is 2.88 bits per heavy atom. The van der Waals surface area contributed by atoms with Crippen LogP contribution in [0.15, 0.2) is 48.7 Å². The van der Waals surface area contributed by atoms with Gasteiger partial charge in [0.1, 0.15) is 11.6 Å². The molecule has 2 aromatic rings. The van der Waals surface area contributed by atoms with Crippen molar-refractivity contribution in [2.75, 3.05) is 18.0 Å². The number of amides is 1. The van der Waals surface area contributed by atoms with Crippen LogP contribution in [0.3, 0.4) is 0 Å². The minimum Gasteiger partial charge on any atom is -0.355 e. The minimum absolute atomic E-state index is 0.0221. The predicted molar refractivity (Wildman–Crippen MR) is 92.3 cm³/mol. The smallest absolute Gasteiger partial charge is 0.220 e. The molecule has 4 nitrogen and oxygen atoms in total. The van der Waals surface area contributed by atoms with Gasteiger partial charge in [0, 0.05) is 31.7 Å². The molecule has 0 aliphatic carbocycles. The molecule has 1 aliphatic heterocycles. The fraction of sp³-hybridized carbons (Fsp3) is 0.368. The summed E-state index contributed by atoms with van der Waals surface area (Å²) in [4.78, 5) is 18.7. The molecule has 1 N–H and O–H groups in total. The SMILES string of the molecule is O=C(CCc1ccccc1F)N[C@H]1CCCN(c2ccccn2)C1. The molecule has 24 heavy (non-hydrogen) atoms. The van der Waals surface area contributed by atoms with E-state index in [4.69, 9.17) is 0 Å². The fourth-order valence-electron chi connectivity index (χ4n) is 3.09. The summed E-state index contributed by atoms with van der Waals surface area (Å²) in [6.07, 6.45) is 4.51. The van der Waals surface area contributed by atoms with E-state index in [1.807, 2.05) is 18.2 Å². The van der Waals surface area contributed by atoms with Gasteiger partial charge >= 0.3 is 0 Å². The zero-order valence-electron chi connectivity index (χ0n) is 13.6. The van der Waals surface area contributed by atoms with E-state index in [1.165, 1.54) is 6.07 Å². The van der Waals surface area contributed by atoms with Gasteiger partial charge in [-0.25, -0.2) is 9.37 Å². The summed E-state index contributed by atoms with van der Waals surface area (Å²) in [5.74, 6) is 0.679. The molecule has 0 unspecified atom stereocenters. The van der Waals surface area contributed by atoms with Gasteiger partial charge < -0.3 is 10.2 Å². The number of aromatic nitrogens is 1. The lowest BCUT2D eigenvalue weighted by Gasteiger charge is -2.34. The van der Waals surface area contributed by atoms with E-state index >= 15 is 0 Å². The molecule has 1 fully saturated rings.